The van der Waals surface area contributed by atoms with E-state index < -0.39 is 0 Å². The predicted octanol–water partition coefficient (Wildman–Crippen LogP) is 3.19. The molecule has 9 nitrogen and oxygen atoms in total. The number of likely N-dealkylation sites (tertiary alicyclic amines) is 1. The van der Waals surface area contributed by atoms with Crippen molar-refractivity contribution in [3.8, 4) is 0 Å². The predicted molar refractivity (Wildman–Crippen MR) is 136 cm³/mol. The third kappa shape index (κ3) is 7.77. The average molecular weight is 562 g/mol. The zero-order valence-corrected chi connectivity index (χ0v) is 22.1. The van der Waals surface area contributed by atoms with E-state index in [9.17, 15) is 4.79 Å². The zero-order chi connectivity index (χ0) is 22.1. The van der Waals surface area contributed by atoms with Crippen LogP contribution in [0.4, 0.5) is 4.79 Å². The first-order chi connectivity index (χ1) is 15.1. The number of carbonyl (C=O) groups is 1. The molecular formula is C22H40IN7O2. The molecule has 1 amide bonds. The van der Waals surface area contributed by atoms with Gasteiger partial charge in [-0.2, -0.15) is 0 Å². The summed E-state index contributed by atoms with van der Waals surface area (Å²) in [7, 11) is 0. The largest absolute Gasteiger partial charge is 0.450 e. The number of ether oxygens (including phenoxy) is 1. The van der Waals surface area contributed by atoms with Crippen LogP contribution in [0.2, 0.25) is 0 Å². The monoisotopic (exact) mass is 561 g/mol. The van der Waals surface area contributed by atoms with E-state index in [0.717, 1.165) is 37.6 Å². The first kappa shape index (κ1) is 26.7. The van der Waals surface area contributed by atoms with E-state index in [1.165, 1.54) is 25.7 Å². The maximum Gasteiger partial charge on any atom is 0.409 e. The maximum atomic E-state index is 12.0. The number of aryl methyl sites for hydroxylation is 1. The molecule has 1 aromatic rings. The number of piperidine rings is 1. The molecule has 1 saturated carbocycles. The van der Waals surface area contributed by atoms with Crippen LogP contribution < -0.4 is 10.6 Å². The van der Waals surface area contributed by atoms with Gasteiger partial charge >= 0.3 is 6.09 Å². The maximum absolute atomic E-state index is 12.0. The van der Waals surface area contributed by atoms with Gasteiger partial charge in [-0.15, -0.1) is 34.2 Å². The van der Waals surface area contributed by atoms with Crippen molar-refractivity contribution in [3.63, 3.8) is 0 Å². The minimum Gasteiger partial charge on any atom is -0.450 e. The third-order valence-electron chi connectivity index (χ3n) is 6.42. The number of hydrogen-bond donors (Lipinski definition) is 2. The van der Waals surface area contributed by atoms with Gasteiger partial charge in [-0.25, -0.2) is 4.79 Å². The molecular weight excluding hydrogens is 521 g/mol. The first-order valence-corrected chi connectivity index (χ1v) is 12.0. The van der Waals surface area contributed by atoms with E-state index in [2.05, 4.69) is 39.2 Å². The van der Waals surface area contributed by atoms with Crippen molar-refractivity contribution >= 4 is 36.0 Å². The van der Waals surface area contributed by atoms with Gasteiger partial charge < -0.3 is 24.8 Å². The van der Waals surface area contributed by atoms with Crippen LogP contribution >= 0.6 is 24.0 Å². The fraction of sp³-hybridized carbons (Fsp3) is 0.818. The Morgan fingerprint density at radius 2 is 1.94 bits per heavy atom. The molecule has 2 atom stereocenters. The normalized spacial score (nSPS) is 22.2. The Labute approximate surface area is 209 Å². The molecule has 0 radical (unpaired) electrons. The van der Waals surface area contributed by atoms with Crippen LogP contribution in [-0.2, 0) is 17.7 Å². The van der Waals surface area contributed by atoms with E-state index >= 15 is 0 Å². The number of hydrogen-bond acceptors (Lipinski definition) is 5. The number of aliphatic imine (C=N–C) groups is 1. The van der Waals surface area contributed by atoms with Crippen LogP contribution in [0.5, 0.6) is 0 Å². The Kier molecular flexibility index (Phi) is 11.5. The highest BCUT2D eigenvalue weighted by Gasteiger charge is 2.26. The molecule has 2 fully saturated rings. The molecule has 0 aromatic carbocycles. The van der Waals surface area contributed by atoms with Crippen molar-refractivity contribution in [1.82, 2.24) is 30.3 Å². The number of rotatable bonds is 7. The average Bonchev–Trinajstić information content (AvgIpc) is 3.23. The Hall–Kier alpha value is -1.59. The molecule has 2 aliphatic rings. The van der Waals surface area contributed by atoms with Crippen molar-refractivity contribution in [2.75, 3.05) is 26.2 Å². The standard InChI is InChI=1S/C22H39N7O2.HI/c1-4-20-27-24-16-29(20)15-12-23-21(26-19-9-7-6-8-17(19)3)25-18-10-13-28(14-11-18)22(30)31-5-2;/h16-19H,4-15H2,1-3H3,(H2,23,25,26);1H. The summed E-state index contributed by atoms with van der Waals surface area (Å²) in [4.78, 5) is 18.7. The Morgan fingerprint density at radius 3 is 2.62 bits per heavy atom. The molecule has 3 rings (SSSR count). The second-order valence-electron chi connectivity index (χ2n) is 8.64. The van der Waals surface area contributed by atoms with Crippen LogP contribution in [0.3, 0.4) is 0 Å². The summed E-state index contributed by atoms with van der Waals surface area (Å²) in [5.41, 5.74) is 0. The molecule has 2 N–H and O–H groups in total. The van der Waals surface area contributed by atoms with E-state index in [4.69, 9.17) is 9.73 Å². The van der Waals surface area contributed by atoms with Crippen LogP contribution in [0.15, 0.2) is 11.3 Å². The van der Waals surface area contributed by atoms with Gasteiger partial charge in [0, 0.05) is 38.1 Å². The summed E-state index contributed by atoms with van der Waals surface area (Å²) in [6.45, 7) is 9.55. The lowest BCUT2D eigenvalue weighted by molar-refractivity contribution is 0.0962. The summed E-state index contributed by atoms with van der Waals surface area (Å²) in [6, 6.07) is 0.762. The highest BCUT2D eigenvalue weighted by molar-refractivity contribution is 14.0. The van der Waals surface area contributed by atoms with Gasteiger partial charge in [0.15, 0.2) is 5.96 Å². The van der Waals surface area contributed by atoms with Crippen LogP contribution in [0.25, 0.3) is 0 Å². The number of aromatic nitrogens is 3. The number of nitrogens with zero attached hydrogens (tertiary/aromatic N) is 5. The summed E-state index contributed by atoms with van der Waals surface area (Å²) in [5.74, 6) is 2.53. The Morgan fingerprint density at radius 1 is 1.19 bits per heavy atom. The number of carbonyl (C=O) groups excluding carboxylic acids is 1. The Balaban J connectivity index is 0.00000363. The van der Waals surface area contributed by atoms with Crippen molar-refractivity contribution in [3.05, 3.63) is 12.2 Å². The molecule has 182 valence electrons. The first-order valence-electron chi connectivity index (χ1n) is 12.0. The van der Waals surface area contributed by atoms with Crippen molar-refractivity contribution in [2.24, 2.45) is 10.9 Å². The van der Waals surface area contributed by atoms with E-state index in [1.54, 1.807) is 11.2 Å². The molecule has 2 unspecified atom stereocenters. The molecule has 0 spiro atoms. The molecule has 10 heteroatoms. The zero-order valence-electron chi connectivity index (χ0n) is 19.8. The Bertz CT molecular complexity index is 719. The molecule has 32 heavy (non-hydrogen) atoms. The van der Waals surface area contributed by atoms with Gasteiger partial charge in [0.1, 0.15) is 12.2 Å². The number of amides is 1. The van der Waals surface area contributed by atoms with Gasteiger partial charge in [-0.3, -0.25) is 4.99 Å². The molecule has 2 heterocycles. The lowest BCUT2D eigenvalue weighted by atomic mass is 9.86. The van der Waals surface area contributed by atoms with Crippen molar-refractivity contribution < 1.29 is 9.53 Å². The lowest BCUT2D eigenvalue weighted by Gasteiger charge is -2.35. The quantitative estimate of drug-likeness (QED) is 0.302. The summed E-state index contributed by atoms with van der Waals surface area (Å²) in [6.07, 6.45) is 9.28. The molecule has 1 aliphatic carbocycles. The van der Waals surface area contributed by atoms with Gasteiger partial charge in [-0.05, 0) is 38.5 Å². The van der Waals surface area contributed by atoms with Crippen LogP contribution in [0, 0.1) is 5.92 Å². The second kappa shape index (κ2) is 13.8. The van der Waals surface area contributed by atoms with Gasteiger partial charge in [-0.1, -0.05) is 26.7 Å². The van der Waals surface area contributed by atoms with E-state index in [0.29, 0.717) is 44.2 Å². The van der Waals surface area contributed by atoms with Crippen LogP contribution in [0.1, 0.15) is 65.1 Å². The molecule has 1 aromatic heterocycles. The SMILES string of the molecule is CCOC(=O)N1CCC(NC(=NCCn2cnnc2CC)NC2CCCCC2C)CC1.I. The van der Waals surface area contributed by atoms with Gasteiger partial charge in [0.25, 0.3) is 0 Å². The summed E-state index contributed by atoms with van der Waals surface area (Å²) in [5, 5.41) is 15.5. The second-order valence-corrected chi connectivity index (χ2v) is 8.64. The fourth-order valence-corrected chi connectivity index (χ4v) is 4.46. The van der Waals surface area contributed by atoms with Crippen molar-refractivity contribution in [2.45, 2.75) is 84.3 Å². The minimum atomic E-state index is -0.204. The molecule has 1 saturated heterocycles. The fourth-order valence-electron chi connectivity index (χ4n) is 4.46. The third-order valence-corrected chi connectivity index (χ3v) is 6.42. The summed E-state index contributed by atoms with van der Waals surface area (Å²) < 4.78 is 7.21. The van der Waals surface area contributed by atoms with Crippen LogP contribution in [-0.4, -0.2) is 70.0 Å². The molecule has 1 aliphatic heterocycles. The number of guanidine groups is 1. The van der Waals surface area contributed by atoms with E-state index in [-0.39, 0.29) is 30.1 Å². The summed E-state index contributed by atoms with van der Waals surface area (Å²) >= 11 is 0. The lowest BCUT2D eigenvalue weighted by Crippen LogP contribution is -2.53. The smallest absolute Gasteiger partial charge is 0.409 e. The van der Waals surface area contributed by atoms with E-state index in [1.807, 2.05) is 6.92 Å². The van der Waals surface area contributed by atoms with Gasteiger partial charge in [0.2, 0.25) is 0 Å². The number of halogens is 1. The minimum absolute atomic E-state index is 0. The number of nitrogens with one attached hydrogen (secondary N) is 2. The highest BCUT2D eigenvalue weighted by atomic mass is 127. The van der Waals surface area contributed by atoms with Gasteiger partial charge in [0.05, 0.1) is 13.2 Å². The molecule has 0 bridgehead atoms. The highest BCUT2D eigenvalue weighted by Crippen LogP contribution is 2.23. The van der Waals surface area contributed by atoms with Crippen molar-refractivity contribution in [1.29, 1.82) is 0 Å². The topological polar surface area (TPSA) is 96.7 Å².